The third kappa shape index (κ3) is 3.56. The van der Waals surface area contributed by atoms with Crippen LogP contribution in [0.3, 0.4) is 0 Å². The number of hydrogen-bond acceptors (Lipinski definition) is 5. The van der Waals surface area contributed by atoms with Gasteiger partial charge < -0.3 is 4.74 Å². The summed E-state index contributed by atoms with van der Waals surface area (Å²) in [6.07, 6.45) is 4.83. The lowest BCUT2D eigenvalue weighted by Gasteiger charge is -2.26. The Morgan fingerprint density at radius 3 is 3.00 bits per heavy atom. The highest BCUT2D eigenvalue weighted by atomic mass is 16.5. The number of hydrazine groups is 1. The maximum atomic E-state index is 5.77. The number of ether oxygens (including phenoxy) is 1. The van der Waals surface area contributed by atoms with Crippen LogP contribution in [0.4, 0.5) is 0 Å². The van der Waals surface area contributed by atoms with Crippen LogP contribution >= 0.6 is 0 Å². The van der Waals surface area contributed by atoms with Gasteiger partial charge in [0.1, 0.15) is 12.2 Å². The summed E-state index contributed by atoms with van der Waals surface area (Å²) in [5.74, 6) is 7.78. The van der Waals surface area contributed by atoms with Gasteiger partial charge in [0.2, 0.25) is 0 Å². The Balaban J connectivity index is 2.04. The van der Waals surface area contributed by atoms with Crippen LogP contribution in [0, 0.1) is 11.8 Å². The average molecular weight is 281 g/mol. The first-order valence-electron chi connectivity index (χ1n) is 7.60. The highest BCUT2D eigenvalue weighted by Crippen LogP contribution is 2.27. The molecule has 0 bridgehead atoms. The molecule has 1 aliphatic rings. The molecule has 6 heteroatoms. The Morgan fingerprint density at radius 2 is 2.35 bits per heavy atom. The van der Waals surface area contributed by atoms with Gasteiger partial charge in [-0.3, -0.25) is 11.3 Å². The van der Waals surface area contributed by atoms with Crippen molar-refractivity contribution < 1.29 is 4.74 Å². The van der Waals surface area contributed by atoms with Gasteiger partial charge in [0.15, 0.2) is 0 Å². The van der Waals surface area contributed by atoms with Gasteiger partial charge in [0, 0.05) is 31.5 Å². The second-order valence-corrected chi connectivity index (χ2v) is 6.00. The van der Waals surface area contributed by atoms with Gasteiger partial charge in [-0.05, 0) is 18.8 Å². The molecule has 2 rings (SSSR count). The van der Waals surface area contributed by atoms with Gasteiger partial charge in [0.25, 0.3) is 0 Å². The fraction of sp³-hybridized carbons (Fsp3) is 0.857. The zero-order chi connectivity index (χ0) is 14.5. The lowest BCUT2D eigenvalue weighted by molar-refractivity contribution is 0.0771. The quantitative estimate of drug-likeness (QED) is 0.578. The molecule has 3 atom stereocenters. The first-order chi connectivity index (χ1) is 9.65. The van der Waals surface area contributed by atoms with E-state index in [4.69, 9.17) is 10.6 Å². The molecule has 1 aromatic heterocycles. The Hall–Kier alpha value is -0.980. The van der Waals surface area contributed by atoms with Crippen molar-refractivity contribution in [2.24, 2.45) is 17.7 Å². The van der Waals surface area contributed by atoms with E-state index in [0.29, 0.717) is 17.9 Å². The number of nitrogens with zero attached hydrogens (tertiary/aromatic N) is 3. The standard InChI is InChI=1S/C14H27N5O/c1-4-13-11(5-6-20-13)12(18-15)7-14-16-9-17-19(14)8-10(2)3/h9-13,18H,4-8,15H2,1-3H3. The lowest BCUT2D eigenvalue weighted by Crippen LogP contribution is -2.45. The molecule has 0 spiro atoms. The normalized spacial score (nSPS) is 24.4. The van der Waals surface area contributed by atoms with E-state index in [9.17, 15) is 0 Å². The van der Waals surface area contributed by atoms with Crippen LogP contribution in [0.2, 0.25) is 0 Å². The summed E-state index contributed by atoms with van der Waals surface area (Å²) in [5.41, 5.74) is 2.97. The van der Waals surface area contributed by atoms with E-state index in [1.807, 2.05) is 4.68 Å². The highest BCUT2D eigenvalue weighted by molar-refractivity contribution is 4.95. The van der Waals surface area contributed by atoms with Crippen molar-refractivity contribution in [2.75, 3.05) is 6.61 Å². The molecule has 114 valence electrons. The molecule has 0 radical (unpaired) electrons. The zero-order valence-corrected chi connectivity index (χ0v) is 12.7. The highest BCUT2D eigenvalue weighted by Gasteiger charge is 2.33. The van der Waals surface area contributed by atoms with E-state index in [1.54, 1.807) is 6.33 Å². The zero-order valence-electron chi connectivity index (χ0n) is 12.7. The number of rotatable bonds is 7. The molecule has 0 saturated carbocycles. The number of nitrogens with one attached hydrogen (secondary N) is 1. The third-order valence-corrected chi connectivity index (χ3v) is 4.03. The Bertz CT molecular complexity index is 406. The molecule has 1 aliphatic heterocycles. The van der Waals surface area contributed by atoms with Crippen LogP contribution in [0.1, 0.15) is 39.4 Å². The van der Waals surface area contributed by atoms with E-state index >= 15 is 0 Å². The smallest absolute Gasteiger partial charge is 0.138 e. The summed E-state index contributed by atoms with van der Waals surface area (Å²) < 4.78 is 7.76. The molecule has 0 aromatic carbocycles. The maximum absolute atomic E-state index is 5.77. The van der Waals surface area contributed by atoms with Gasteiger partial charge >= 0.3 is 0 Å². The fourth-order valence-electron chi connectivity index (χ4n) is 3.02. The number of nitrogens with two attached hydrogens (primary N) is 1. The average Bonchev–Trinajstić information content (AvgIpc) is 3.04. The van der Waals surface area contributed by atoms with E-state index in [2.05, 4.69) is 36.3 Å². The molecule has 6 nitrogen and oxygen atoms in total. The molecule has 0 amide bonds. The van der Waals surface area contributed by atoms with Crippen molar-refractivity contribution in [3.63, 3.8) is 0 Å². The van der Waals surface area contributed by atoms with Crippen molar-refractivity contribution >= 4 is 0 Å². The molecule has 20 heavy (non-hydrogen) atoms. The largest absolute Gasteiger partial charge is 0.378 e. The van der Waals surface area contributed by atoms with Gasteiger partial charge in [-0.25, -0.2) is 9.67 Å². The predicted molar refractivity (Wildman–Crippen MR) is 77.8 cm³/mol. The Kier molecular flexibility index (Phi) is 5.51. The minimum Gasteiger partial charge on any atom is -0.378 e. The fourth-order valence-corrected chi connectivity index (χ4v) is 3.02. The minimum atomic E-state index is 0.192. The van der Waals surface area contributed by atoms with Gasteiger partial charge in [-0.1, -0.05) is 20.8 Å². The molecule has 1 aromatic rings. The molecule has 3 N–H and O–H groups in total. The van der Waals surface area contributed by atoms with E-state index in [1.165, 1.54) is 0 Å². The Morgan fingerprint density at radius 1 is 1.55 bits per heavy atom. The molecule has 2 heterocycles. The van der Waals surface area contributed by atoms with E-state index in [0.717, 1.165) is 38.2 Å². The van der Waals surface area contributed by atoms with Crippen LogP contribution in [0.5, 0.6) is 0 Å². The SMILES string of the molecule is CCC1OCCC1C(Cc1ncnn1CC(C)C)NN. The molecule has 3 unspecified atom stereocenters. The van der Waals surface area contributed by atoms with Gasteiger partial charge in [0.05, 0.1) is 6.10 Å². The molecular weight excluding hydrogens is 254 g/mol. The molecule has 1 saturated heterocycles. The van der Waals surface area contributed by atoms with Crippen molar-refractivity contribution in [2.45, 2.75) is 58.7 Å². The van der Waals surface area contributed by atoms with Gasteiger partial charge in [-0.2, -0.15) is 5.10 Å². The lowest BCUT2D eigenvalue weighted by atomic mass is 9.89. The second kappa shape index (κ2) is 7.15. The van der Waals surface area contributed by atoms with E-state index in [-0.39, 0.29) is 6.04 Å². The summed E-state index contributed by atoms with van der Waals surface area (Å²) in [6, 6.07) is 0.192. The van der Waals surface area contributed by atoms with Crippen LogP contribution < -0.4 is 11.3 Å². The predicted octanol–water partition coefficient (Wildman–Crippen LogP) is 1.12. The van der Waals surface area contributed by atoms with Crippen molar-refractivity contribution in [3.05, 3.63) is 12.2 Å². The van der Waals surface area contributed by atoms with Crippen LogP contribution in [0.25, 0.3) is 0 Å². The first-order valence-corrected chi connectivity index (χ1v) is 7.60. The summed E-state index contributed by atoms with van der Waals surface area (Å²) in [5, 5.41) is 4.32. The molecular formula is C14H27N5O. The molecule has 1 fully saturated rings. The molecule has 0 aliphatic carbocycles. The number of aromatic nitrogens is 3. The summed E-state index contributed by atoms with van der Waals surface area (Å²) >= 11 is 0. The summed E-state index contributed by atoms with van der Waals surface area (Å²) in [4.78, 5) is 4.39. The monoisotopic (exact) mass is 281 g/mol. The van der Waals surface area contributed by atoms with Crippen LogP contribution in [-0.2, 0) is 17.7 Å². The summed E-state index contributed by atoms with van der Waals surface area (Å²) in [7, 11) is 0. The topological polar surface area (TPSA) is 78.0 Å². The van der Waals surface area contributed by atoms with Gasteiger partial charge in [-0.15, -0.1) is 0 Å². The second-order valence-electron chi connectivity index (χ2n) is 6.00. The van der Waals surface area contributed by atoms with Crippen LogP contribution in [0.15, 0.2) is 6.33 Å². The Labute approximate surface area is 121 Å². The first kappa shape index (κ1) is 15.4. The summed E-state index contributed by atoms with van der Waals surface area (Å²) in [6.45, 7) is 8.26. The third-order valence-electron chi connectivity index (χ3n) is 4.03. The maximum Gasteiger partial charge on any atom is 0.138 e. The van der Waals surface area contributed by atoms with E-state index < -0.39 is 0 Å². The van der Waals surface area contributed by atoms with Crippen molar-refractivity contribution in [1.29, 1.82) is 0 Å². The van der Waals surface area contributed by atoms with Crippen molar-refractivity contribution in [1.82, 2.24) is 20.2 Å². The minimum absolute atomic E-state index is 0.192. The van der Waals surface area contributed by atoms with Crippen LogP contribution in [-0.4, -0.2) is 33.5 Å². The van der Waals surface area contributed by atoms with Crippen molar-refractivity contribution in [3.8, 4) is 0 Å². The number of hydrogen-bond donors (Lipinski definition) is 2.